The lowest BCUT2D eigenvalue weighted by Gasteiger charge is -2.10. The van der Waals surface area contributed by atoms with Gasteiger partial charge < -0.3 is 5.32 Å². The molecule has 18 heavy (non-hydrogen) atoms. The lowest BCUT2D eigenvalue weighted by molar-refractivity contribution is 1.14. The third kappa shape index (κ3) is 3.64. The maximum absolute atomic E-state index is 6.16. The molecule has 0 saturated heterocycles. The van der Waals surface area contributed by atoms with E-state index in [0.29, 0.717) is 11.6 Å². The Morgan fingerprint density at radius 1 is 1.00 bits per heavy atom. The molecule has 2 rings (SSSR count). The molecule has 2 aromatic carbocycles. The van der Waals surface area contributed by atoms with Gasteiger partial charge in [-0.1, -0.05) is 45.2 Å². The van der Waals surface area contributed by atoms with Gasteiger partial charge in [-0.25, -0.2) is 0 Å². The number of rotatable bonds is 3. The highest BCUT2D eigenvalue weighted by Gasteiger charge is 2.03. The van der Waals surface area contributed by atoms with E-state index in [1.165, 1.54) is 0 Å². The lowest BCUT2D eigenvalue weighted by atomic mass is 10.2. The van der Waals surface area contributed by atoms with Gasteiger partial charge in [0.2, 0.25) is 0 Å². The lowest BCUT2D eigenvalue weighted by Crippen LogP contribution is -2.00. The molecule has 5 heteroatoms. The quantitative estimate of drug-likeness (QED) is 0.642. The van der Waals surface area contributed by atoms with Gasteiger partial charge in [0.05, 0.1) is 0 Å². The number of benzene rings is 2. The maximum Gasteiger partial charge on any atom is 0.0488 e. The topological polar surface area (TPSA) is 12.0 Å². The fraction of sp³-hybridized carbons (Fsp3) is 0.0769. The van der Waals surface area contributed by atoms with Crippen molar-refractivity contribution in [1.82, 2.24) is 0 Å². The zero-order chi connectivity index (χ0) is 13.1. The van der Waals surface area contributed by atoms with E-state index in [1.54, 1.807) is 0 Å². The van der Waals surface area contributed by atoms with Crippen LogP contribution in [0.5, 0.6) is 0 Å². The van der Waals surface area contributed by atoms with Crippen molar-refractivity contribution in [3.8, 4) is 0 Å². The van der Waals surface area contributed by atoms with Gasteiger partial charge >= 0.3 is 0 Å². The van der Waals surface area contributed by atoms with Gasteiger partial charge in [-0.05, 0) is 51.8 Å². The van der Waals surface area contributed by atoms with Gasteiger partial charge in [-0.3, -0.25) is 0 Å². The Labute approximate surface area is 133 Å². The van der Waals surface area contributed by atoms with E-state index in [9.17, 15) is 0 Å². The van der Waals surface area contributed by atoms with Gasteiger partial charge in [0.25, 0.3) is 0 Å². The summed E-state index contributed by atoms with van der Waals surface area (Å²) in [6.07, 6.45) is 0. The zero-order valence-electron chi connectivity index (χ0n) is 9.18. The van der Waals surface area contributed by atoms with E-state index in [4.69, 9.17) is 23.2 Å². The highest BCUT2D eigenvalue weighted by atomic mass is 79.9. The van der Waals surface area contributed by atoms with Gasteiger partial charge in [0, 0.05) is 31.2 Å². The third-order valence-electron chi connectivity index (χ3n) is 2.42. The average molecular weight is 410 g/mol. The summed E-state index contributed by atoms with van der Waals surface area (Å²) in [6, 6.07) is 11.5. The van der Waals surface area contributed by atoms with Crippen molar-refractivity contribution in [3.63, 3.8) is 0 Å². The van der Waals surface area contributed by atoms with Crippen LogP contribution < -0.4 is 5.32 Å². The van der Waals surface area contributed by atoms with Gasteiger partial charge in [0.15, 0.2) is 0 Å². The first kappa shape index (κ1) is 14.2. The largest absolute Gasteiger partial charge is 0.380 e. The average Bonchev–Trinajstić information content (AvgIpc) is 2.30. The van der Waals surface area contributed by atoms with Crippen LogP contribution in [0.3, 0.4) is 0 Å². The summed E-state index contributed by atoms with van der Waals surface area (Å²) < 4.78 is 1.91. The molecule has 0 atom stereocenters. The molecule has 0 aromatic heterocycles. The predicted molar refractivity (Wildman–Crippen MR) is 85.6 cm³/mol. The molecular weight excluding hydrogens is 401 g/mol. The summed E-state index contributed by atoms with van der Waals surface area (Å²) in [5.74, 6) is 0. The molecule has 0 aliphatic carbocycles. The first-order valence-electron chi connectivity index (χ1n) is 5.19. The third-order valence-corrected chi connectivity index (χ3v) is 4.15. The summed E-state index contributed by atoms with van der Waals surface area (Å²) >= 11 is 18.9. The standard InChI is InChI=1S/C13H9Br2Cl2N/c14-9-2-1-8(12(17)5-9)7-18-13-4-3-10(16)6-11(13)15/h1-6,18H,7H2. The van der Waals surface area contributed by atoms with Gasteiger partial charge in [-0.15, -0.1) is 0 Å². The first-order valence-corrected chi connectivity index (χ1v) is 7.53. The Kier molecular flexibility index (Phi) is 4.96. The van der Waals surface area contributed by atoms with E-state index in [0.717, 1.165) is 25.2 Å². The Balaban J connectivity index is 2.11. The summed E-state index contributed by atoms with van der Waals surface area (Å²) in [5, 5.41) is 4.75. The minimum absolute atomic E-state index is 0.659. The van der Waals surface area contributed by atoms with Crippen LogP contribution >= 0.6 is 55.1 Å². The molecule has 0 aliphatic heterocycles. The minimum Gasteiger partial charge on any atom is -0.380 e. The molecular formula is C13H9Br2Cl2N. The van der Waals surface area contributed by atoms with Crippen molar-refractivity contribution in [2.75, 3.05) is 5.32 Å². The predicted octanol–water partition coefficient (Wildman–Crippen LogP) is 6.13. The molecule has 0 aliphatic rings. The fourth-order valence-corrected chi connectivity index (χ4v) is 3.05. The normalized spacial score (nSPS) is 10.4. The molecule has 0 heterocycles. The van der Waals surface area contributed by atoms with Crippen LogP contribution in [0, 0.1) is 0 Å². The zero-order valence-corrected chi connectivity index (χ0v) is 13.9. The van der Waals surface area contributed by atoms with Gasteiger partial charge in [0.1, 0.15) is 0 Å². The van der Waals surface area contributed by atoms with Crippen molar-refractivity contribution in [2.24, 2.45) is 0 Å². The van der Waals surface area contributed by atoms with Crippen molar-refractivity contribution >= 4 is 60.7 Å². The van der Waals surface area contributed by atoms with E-state index < -0.39 is 0 Å². The molecule has 0 amide bonds. The second-order valence-electron chi connectivity index (χ2n) is 3.71. The second-order valence-corrected chi connectivity index (χ2v) is 6.33. The van der Waals surface area contributed by atoms with Crippen LogP contribution in [0.2, 0.25) is 10.0 Å². The second kappa shape index (κ2) is 6.29. The molecule has 1 N–H and O–H groups in total. The fourth-order valence-electron chi connectivity index (χ4n) is 1.49. The Bertz CT molecular complexity index is 521. The summed E-state index contributed by atoms with van der Waals surface area (Å²) in [4.78, 5) is 0. The number of hydrogen-bond donors (Lipinski definition) is 1. The molecule has 0 spiro atoms. The van der Waals surface area contributed by atoms with Crippen LogP contribution in [0.15, 0.2) is 45.3 Å². The molecule has 0 fully saturated rings. The van der Waals surface area contributed by atoms with Crippen molar-refractivity contribution in [2.45, 2.75) is 6.54 Å². The maximum atomic E-state index is 6.16. The number of hydrogen-bond acceptors (Lipinski definition) is 1. The van der Waals surface area contributed by atoms with E-state index in [-0.39, 0.29) is 0 Å². The summed E-state index contributed by atoms with van der Waals surface area (Å²) in [5.41, 5.74) is 2.03. The number of nitrogens with one attached hydrogen (secondary N) is 1. The molecule has 0 unspecified atom stereocenters. The van der Waals surface area contributed by atoms with E-state index >= 15 is 0 Å². The summed E-state index contributed by atoms with van der Waals surface area (Å²) in [7, 11) is 0. The Morgan fingerprint density at radius 3 is 2.44 bits per heavy atom. The minimum atomic E-state index is 0.659. The molecule has 1 nitrogen and oxygen atoms in total. The molecule has 2 aromatic rings. The highest BCUT2D eigenvalue weighted by Crippen LogP contribution is 2.27. The molecule has 0 bridgehead atoms. The highest BCUT2D eigenvalue weighted by molar-refractivity contribution is 9.10. The smallest absolute Gasteiger partial charge is 0.0488 e. The number of halogens is 4. The molecule has 94 valence electrons. The Morgan fingerprint density at radius 2 is 1.78 bits per heavy atom. The number of anilines is 1. The first-order chi connectivity index (χ1) is 8.56. The monoisotopic (exact) mass is 407 g/mol. The van der Waals surface area contributed by atoms with Gasteiger partial charge in [-0.2, -0.15) is 0 Å². The van der Waals surface area contributed by atoms with Crippen LogP contribution in [-0.2, 0) is 6.54 Å². The Hall–Kier alpha value is -0.220. The van der Waals surface area contributed by atoms with Crippen LogP contribution in [-0.4, -0.2) is 0 Å². The summed E-state index contributed by atoms with van der Waals surface area (Å²) in [6.45, 7) is 0.659. The SMILES string of the molecule is Clc1ccc(NCc2ccc(Br)cc2Cl)c(Br)c1. The van der Waals surface area contributed by atoms with Crippen molar-refractivity contribution < 1.29 is 0 Å². The van der Waals surface area contributed by atoms with Crippen molar-refractivity contribution in [1.29, 1.82) is 0 Å². The molecule has 0 saturated carbocycles. The molecule has 0 radical (unpaired) electrons. The van der Waals surface area contributed by atoms with Crippen LogP contribution in [0.1, 0.15) is 5.56 Å². The van der Waals surface area contributed by atoms with Crippen LogP contribution in [0.4, 0.5) is 5.69 Å². The van der Waals surface area contributed by atoms with E-state index in [2.05, 4.69) is 37.2 Å². The van der Waals surface area contributed by atoms with Crippen LogP contribution in [0.25, 0.3) is 0 Å². The van der Waals surface area contributed by atoms with Crippen molar-refractivity contribution in [3.05, 3.63) is 61.0 Å². The van der Waals surface area contributed by atoms with E-state index in [1.807, 2.05) is 36.4 Å².